The van der Waals surface area contributed by atoms with Crippen LogP contribution in [0.2, 0.25) is 0 Å². The molecule has 3 N–H and O–H groups in total. The Hall–Kier alpha value is -2.53. The number of carboxylic acids is 1. The third kappa shape index (κ3) is 3.23. The van der Waals surface area contributed by atoms with E-state index in [0.29, 0.717) is 17.9 Å². The van der Waals surface area contributed by atoms with Gasteiger partial charge in [0.25, 0.3) is 0 Å². The predicted octanol–water partition coefficient (Wildman–Crippen LogP) is 3.26. The molecule has 0 fully saturated rings. The van der Waals surface area contributed by atoms with Crippen LogP contribution in [0.4, 0.5) is 11.4 Å². The Balaban J connectivity index is 2.20. The molecule has 2 aromatic rings. The quantitative estimate of drug-likeness (QED) is 0.822. The molecule has 0 bridgehead atoms. The van der Waals surface area contributed by atoms with Crippen molar-refractivity contribution in [2.45, 2.75) is 6.54 Å². The molecule has 2 rings (SSSR count). The number of carboxylic acid groups (broad SMARTS) is 1. The molecule has 0 atom stereocenters. The number of carbonyl (C=O) groups is 1. The van der Waals surface area contributed by atoms with Gasteiger partial charge >= 0.3 is 5.97 Å². The maximum atomic E-state index is 10.7. The maximum Gasteiger partial charge on any atom is 0.335 e. The number of azo groups is 1. The van der Waals surface area contributed by atoms with Crippen molar-refractivity contribution in [1.82, 2.24) is 0 Å². The second-order valence-corrected chi connectivity index (χ2v) is 3.88. The Labute approximate surface area is 110 Å². The van der Waals surface area contributed by atoms with Gasteiger partial charge in [-0.05, 0) is 35.9 Å². The molecule has 5 nitrogen and oxygen atoms in total. The Morgan fingerprint density at radius 2 is 1.74 bits per heavy atom. The highest BCUT2D eigenvalue weighted by Crippen LogP contribution is 2.22. The number of nitrogens with zero attached hydrogens (tertiary/aromatic N) is 2. The van der Waals surface area contributed by atoms with E-state index in [0.717, 1.165) is 5.56 Å². The second kappa shape index (κ2) is 5.88. The lowest BCUT2D eigenvalue weighted by atomic mass is 10.2. The summed E-state index contributed by atoms with van der Waals surface area (Å²) in [7, 11) is 0. The van der Waals surface area contributed by atoms with E-state index in [1.165, 1.54) is 12.1 Å². The van der Waals surface area contributed by atoms with E-state index in [-0.39, 0.29) is 5.56 Å². The van der Waals surface area contributed by atoms with Gasteiger partial charge in [-0.15, -0.1) is 0 Å². The molecule has 0 amide bonds. The van der Waals surface area contributed by atoms with Crippen molar-refractivity contribution in [3.63, 3.8) is 0 Å². The van der Waals surface area contributed by atoms with Crippen molar-refractivity contribution in [3.8, 4) is 0 Å². The minimum Gasteiger partial charge on any atom is -0.478 e. The summed E-state index contributed by atoms with van der Waals surface area (Å²) in [6.45, 7) is 0.396. The first-order chi connectivity index (χ1) is 9.20. The van der Waals surface area contributed by atoms with Gasteiger partial charge < -0.3 is 10.8 Å². The summed E-state index contributed by atoms with van der Waals surface area (Å²) < 4.78 is 0. The molecule has 96 valence electrons. The first-order valence-electron chi connectivity index (χ1n) is 5.74. The van der Waals surface area contributed by atoms with Gasteiger partial charge in [-0.3, -0.25) is 0 Å². The molecule has 0 aliphatic carbocycles. The molecule has 0 spiro atoms. The molecule has 0 unspecified atom stereocenters. The number of rotatable bonds is 4. The summed E-state index contributed by atoms with van der Waals surface area (Å²) in [5.41, 5.74) is 8.05. The molecule has 0 aliphatic rings. The van der Waals surface area contributed by atoms with Crippen molar-refractivity contribution in [3.05, 3.63) is 59.7 Å². The number of hydrogen-bond donors (Lipinski definition) is 2. The monoisotopic (exact) mass is 255 g/mol. The fraction of sp³-hybridized carbons (Fsp3) is 0.0714. The fourth-order valence-electron chi connectivity index (χ4n) is 1.56. The standard InChI is InChI=1S/C14H13N3O2/c15-9-11-3-1-2-4-13(11)17-16-12-7-5-10(6-8-12)14(18)19/h1-8H,9,15H2,(H,18,19). The molecule has 0 aromatic heterocycles. The summed E-state index contributed by atoms with van der Waals surface area (Å²) >= 11 is 0. The first kappa shape index (κ1) is 12.9. The van der Waals surface area contributed by atoms with Crippen LogP contribution in [0.1, 0.15) is 15.9 Å². The molecule has 0 radical (unpaired) electrons. The molecule has 0 aliphatic heterocycles. The van der Waals surface area contributed by atoms with Gasteiger partial charge in [0, 0.05) is 6.54 Å². The van der Waals surface area contributed by atoms with E-state index in [1.807, 2.05) is 24.3 Å². The third-order valence-electron chi connectivity index (χ3n) is 2.60. The van der Waals surface area contributed by atoms with Crippen LogP contribution in [-0.2, 0) is 6.54 Å². The molecule has 0 saturated heterocycles. The first-order valence-corrected chi connectivity index (χ1v) is 5.74. The minimum absolute atomic E-state index is 0.223. The topological polar surface area (TPSA) is 88.0 Å². The van der Waals surface area contributed by atoms with Crippen LogP contribution < -0.4 is 5.73 Å². The molecule has 5 heteroatoms. The molecule has 0 saturated carbocycles. The maximum absolute atomic E-state index is 10.7. The minimum atomic E-state index is -0.961. The van der Waals surface area contributed by atoms with Crippen LogP contribution in [0, 0.1) is 0 Å². The van der Waals surface area contributed by atoms with Crippen molar-refractivity contribution < 1.29 is 9.90 Å². The van der Waals surface area contributed by atoms with Crippen LogP contribution in [0.5, 0.6) is 0 Å². The van der Waals surface area contributed by atoms with Crippen LogP contribution in [0.15, 0.2) is 58.8 Å². The van der Waals surface area contributed by atoms with Crippen molar-refractivity contribution in [2.75, 3.05) is 0 Å². The lowest BCUT2D eigenvalue weighted by molar-refractivity contribution is 0.0697. The van der Waals surface area contributed by atoms with E-state index in [9.17, 15) is 4.79 Å². The van der Waals surface area contributed by atoms with Crippen LogP contribution in [0.25, 0.3) is 0 Å². The normalized spacial score (nSPS) is 10.8. The average molecular weight is 255 g/mol. The van der Waals surface area contributed by atoms with Crippen LogP contribution in [0.3, 0.4) is 0 Å². The Morgan fingerprint density at radius 3 is 2.37 bits per heavy atom. The number of benzene rings is 2. The predicted molar refractivity (Wildman–Crippen MR) is 71.9 cm³/mol. The zero-order chi connectivity index (χ0) is 13.7. The highest BCUT2D eigenvalue weighted by atomic mass is 16.4. The van der Waals surface area contributed by atoms with Gasteiger partial charge in [-0.25, -0.2) is 4.79 Å². The van der Waals surface area contributed by atoms with Crippen LogP contribution >= 0.6 is 0 Å². The Kier molecular flexibility index (Phi) is 4.00. The number of hydrogen-bond acceptors (Lipinski definition) is 4. The zero-order valence-electron chi connectivity index (χ0n) is 10.2. The van der Waals surface area contributed by atoms with Gasteiger partial charge in [0.1, 0.15) is 0 Å². The highest BCUT2D eigenvalue weighted by molar-refractivity contribution is 5.87. The Bertz CT molecular complexity index is 606. The van der Waals surface area contributed by atoms with Crippen molar-refractivity contribution in [1.29, 1.82) is 0 Å². The van der Waals surface area contributed by atoms with E-state index in [4.69, 9.17) is 10.8 Å². The number of nitrogens with two attached hydrogens (primary N) is 1. The number of aromatic carboxylic acids is 1. The van der Waals surface area contributed by atoms with E-state index >= 15 is 0 Å². The average Bonchev–Trinajstić information content (AvgIpc) is 2.45. The van der Waals surface area contributed by atoms with E-state index in [2.05, 4.69) is 10.2 Å². The summed E-state index contributed by atoms with van der Waals surface area (Å²) in [6, 6.07) is 13.7. The summed E-state index contributed by atoms with van der Waals surface area (Å²) in [5, 5.41) is 17.0. The van der Waals surface area contributed by atoms with Crippen molar-refractivity contribution >= 4 is 17.3 Å². The van der Waals surface area contributed by atoms with Crippen LogP contribution in [-0.4, -0.2) is 11.1 Å². The molecular weight excluding hydrogens is 242 g/mol. The lowest BCUT2D eigenvalue weighted by Crippen LogP contribution is -1.95. The SMILES string of the molecule is NCc1ccccc1N=Nc1ccc(C(=O)O)cc1. The molecule has 2 aromatic carbocycles. The second-order valence-electron chi connectivity index (χ2n) is 3.88. The summed E-state index contributed by atoms with van der Waals surface area (Å²) in [6.07, 6.45) is 0. The van der Waals surface area contributed by atoms with Gasteiger partial charge in [0.05, 0.1) is 16.9 Å². The van der Waals surface area contributed by atoms with Gasteiger partial charge in [-0.2, -0.15) is 10.2 Å². The smallest absolute Gasteiger partial charge is 0.335 e. The third-order valence-corrected chi connectivity index (χ3v) is 2.60. The van der Waals surface area contributed by atoms with E-state index in [1.54, 1.807) is 12.1 Å². The highest BCUT2D eigenvalue weighted by Gasteiger charge is 2.01. The summed E-state index contributed by atoms with van der Waals surface area (Å²) in [4.78, 5) is 10.7. The zero-order valence-corrected chi connectivity index (χ0v) is 10.2. The fourth-order valence-corrected chi connectivity index (χ4v) is 1.56. The molecular formula is C14H13N3O2. The summed E-state index contributed by atoms with van der Waals surface area (Å²) in [5.74, 6) is -0.961. The molecule has 0 heterocycles. The molecule has 19 heavy (non-hydrogen) atoms. The van der Waals surface area contributed by atoms with Gasteiger partial charge in [0.15, 0.2) is 0 Å². The van der Waals surface area contributed by atoms with Gasteiger partial charge in [-0.1, -0.05) is 18.2 Å². The lowest BCUT2D eigenvalue weighted by Gasteiger charge is -2.00. The Morgan fingerprint density at radius 1 is 1.05 bits per heavy atom. The largest absolute Gasteiger partial charge is 0.478 e. The van der Waals surface area contributed by atoms with Gasteiger partial charge in [0.2, 0.25) is 0 Å². The van der Waals surface area contributed by atoms with E-state index < -0.39 is 5.97 Å². The van der Waals surface area contributed by atoms with Crippen molar-refractivity contribution in [2.24, 2.45) is 16.0 Å².